The van der Waals surface area contributed by atoms with Crippen molar-refractivity contribution in [2.45, 2.75) is 303 Å². The molecule has 0 heterocycles. The summed E-state index contributed by atoms with van der Waals surface area (Å²) in [5.41, 5.74) is 0. The molecule has 0 aromatic rings. The van der Waals surface area contributed by atoms with Crippen molar-refractivity contribution in [2.75, 3.05) is 13.2 Å². The lowest BCUT2D eigenvalue weighted by atomic mass is 10.0. The van der Waals surface area contributed by atoms with E-state index in [1.807, 2.05) is 0 Å². The maximum Gasteiger partial charge on any atom is 0.306 e. The molecule has 6 nitrogen and oxygen atoms in total. The lowest BCUT2D eigenvalue weighted by molar-refractivity contribution is -0.167. The lowest BCUT2D eigenvalue weighted by Gasteiger charge is -2.18. The fourth-order valence-corrected chi connectivity index (χ4v) is 8.57. The molecule has 0 aliphatic rings. The van der Waals surface area contributed by atoms with Crippen molar-refractivity contribution in [1.29, 1.82) is 0 Å². The molecule has 0 spiro atoms. The Bertz CT molecular complexity index is 1380. The zero-order valence-corrected chi connectivity index (χ0v) is 47.4. The minimum Gasteiger partial charge on any atom is -0.462 e. The van der Waals surface area contributed by atoms with E-state index in [2.05, 4.69) is 106 Å². The van der Waals surface area contributed by atoms with E-state index in [0.717, 1.165) is 122 Å². The van der Waals surface area contributed by atoms with Gasteiger partial charge in [0.25, 0.3) is 0 Å². The number of hydrogen-bond donors (Lipinski definition) is 0. The van der Waals surface area contributed by atoms with Gasteiger partial charge in [0.15, 0.2) is 6.10 Å². The number of carbonyl (C=O) groups is 3. The molecule has 0 saturated carbocycles. The zero-order valence-electron chi connectivity index (χ0n) is 47.4. The first-order valence-corrected chi connectivity index (χ1v) is 30.6. The molecule has 0 fully saturated rings. The monoisotopic (exact) mass is 1000 g/mol. The molecule has 0 aliphatic carbocycles. The van der Waals surface area contributed by atoms with Crippen LogP contribution in [0.1, 0.15) is 297 Å². The van der Waals surface area contributed by atoms with E-state index in [1.54, 1.807) is 0 Å². The quantitative estimate of drug-likeness (QED) is 0.0261. The number of hydrogen-bond acceptors (Lipinski definition) is 6. The number of ether oxygens (including phenoxy) is 3. The summed E-state index contributed by atoms with van der Waals surface area (Å²) in [7, 11) is 0. The molecule has 72 heavy (non-hydrogen) atoms. The fourth-order valence-electron chi connectivity index (χ4n) is 8.57. The van der Waals surface area contributed by atoms with E-state index in [4.69, 9.17) is 14.2 Å². The molecule has 0 radical (unpaired) electrons. The smallest absolute Gasteiger partial charge is 0.306 e. The molecule has 0 aliphatic heterocycles. The number of rotatable bonds is 55. The van der Waals surface area contributed by atoms with Gasteiger partial charge in [0.1, 0.15) is 13.2 Å². The van der Waals surface area contributed by atoms with Crippen LogP contribution in [0.15, 0.2) is 85.1 Å². The van der Waals surface area contributed by atoms with Crippen LogP contribution in [-0.2, 0) is 28.6 Å². The first-order chi connectivity index (χ1) is 35.5. The van der Waals surface area contributed by atoms with Crippen molar-refractivity contribution < 1.29 is 28.6 Å². The van der Waals surface area contributed by atoms with Crippen LogP contribution in [0.25, 0.3) is 0 Å². The van der Waals surface area contributed by atoms with E-state index >= 15 is 0 Å². The van der Waals surface area contributed by atoms with Gasteiger partial charge in [0, 0.05) is 19.3 Å². The average molecular weight is 1000 g/mol. The van der Waals surface area contributed by atoms with Gasteiger partial charge in [0.05, 0.1) is 0 Å². The molecule has 414 valence electrons. The Morgan fingerprint density at radius 3 is 0.903 bits per heavy atom. The molecule has 0 bridgehead atoms. The third-order valence-electron chi connectivity index (χ3n) is 13.1. The summed E-state index contributed by atoms with van der Waals surface area (Å²) in [4.78, 5) is 38.1. The maximum atomic E-state index is 12.8. The number of unbranched alkanes of at least 4 members (excludes halogenated alkanes) is 30. The van der Waals surface area contributed by atoms with Gasteiger partial charge < -0.3 is 14.2 Å². The summed E-state index contributed by atoms with van der Waals surface area (Å²) in [6, 6.07) is 0. The van der Waals surface area contributed by atoms with Crippen molar-refractivity contribution in [1.82, 2.24) is 0 Å². The van der Waals surface area contributed by atoms with Gasteiger partial charge in [-0.3, -0.25) is 14.4 Å². The van der Waals surface area contributed by atoms with E-state index in [0.29, 0.717) is 19.3 Å². The van der Waals surface area contributed by atoms with Gasteiger partial charge in [-0.1, -0.05) is 273 Å². The molecule has 0 amide bonds. The van der Waals surface area contributed by atoms with E-state index in [-0.39, 0.29) is 31.1 Å². The van der Waals surface area contributed by atoms with Crippen molar-refractivity contribution >= 4 is 17.9 Å². The summed E-state index contributed by atoms with van der Waals surface area (Å²) in [6.07, 6.45) is 78.9. The maximum absolute atomic E-state index is 12.8. The van der Waals surface area contributed by atoms with E-state index in [1.165, 1.54) is 135 Å². The third kappa shape index (κ3) is 57.5. The Hall–Kier alpha value is -3.41. The molecule has 0 aromatic heterocycles. The van der Waals surface area contributed by atoms with Crippen LogP contribution in [0.4, 0.5) is 0 Å². The Morgan fingerprint density at radius 2 is 0.569 bits per heavy atom. The summed E-state index contributed by atoms with van der Waals surface area (Å²) in [5, 5.41) is 0. The average Bonchev–Trinajstić information content (AvgIpc) is 3.38. The summed E-state index contributed by atoms with van der Waals surface area (Å²) in [6.45, 7) is 6.45. The highest BCUT2D eigenvalue weighted by molar-refractivity contribution is 5.71. The number of carbonyl (C=O) groups excluding carboxylic acids is 3. The van der Waals surface area contributed by atoms with Crippen molar-refractivity contribution in [3.05, 3.63) is 85.1 Å². The molecule has 1 unspecified atom stereocenters. The second-order valence-electron chi connectivity index (χ2n) is 20.2. The fraction of sp³-hybridized carbons (Fsp3) is 0.742. The largest absolute Gasteiger partial charge is 0.462 e. The summed E-state index contributed by atoms with van der Waals surface area (Å²) in [5.74, 6) is -0.886. The number of allylic oxidation sites excluding steroid dienone is 14. The second-order valence-corrected chi connectivity index (χ2v) is 20.2. The van der Waals surface area contributed by atoms with Gasteiger partial charge in [-0.15, -0.1) is 0 Å². The van der Waals surface area contributed by atoms with Crippen LogP contribution in [-0.4, -0.2) is 37.2 Å². The molecule has 0 aromatic carbocycles. The van der Waals surface area contributed by atoms with Gasteiger partial charge in [-0.05, 0) is 89.9 Å². The Kier molecular flexibility index (Phi) is 57.3. The lowest BCUT2D eigenvalue weighted by Crippen LogP contribution is -2.30. The van der Waals surface area contributed by atoms with Crippen LogP contribution >= 0.6 is 0 Å². The van der Waals surface area contributed by atoms with Crippen LogP contribution in [0.2, 0.25) is 0 Å². The standard InChI is InChI=1S/C66H114O6/c1-4-7-10-13-16-19-22-24-25-26-27-28-29-30-31-32-33-34-35-36-37-38-39-40-41-43-44-47-50-53-56-59-65(68)71-62-63(61-70-64(67)58-55-52-49-46-21-18-15-12-9-6-3)72-66(69)60-57-54-51-48-45-42-23-20-17-14-11-8-5-2/h7,10-11,14,16,19-20,23-25,27-28,30-31,63H,4-6,8-9,12-13,15,17-18,21-22,26,29,32-62H2,1-3H3/b10-7-,14-11-,19-16-,23-20-,25-24-,28-27-,31-30-. The van der Waals surface area contributed by atoms with E-state index < -0.39 is 6.10 Å². The summed E-state index contributed by atoms with van der Waals surface area (Å²) >= 11 is 0. The number of esters is 3. The molecule has 0 rings (SSSR count). The van der Waals surface area contributed by atoms with Crippen LogP contribution in [0.3, 0.4) is 0 Å². The van der Waals surface area contributed by atoms with Crippen molar-refractivity contribution in [3.8, 4) is 0 Å². The molecule has 1 atom stereocenters. The summed E-state index contributed by atoms with van der Waals surface area (Å²) < 4.78 is 16.8. The second kappa shape index (κ2) is 60.1. The minimum absolute atomic E-state index is 0.0784. The minimum atomic E-state index is -0.780. The van der Waals surface area contributed by atoms with Gasteiger partial charge in [0.2, 0.25) is 0 Å². The highest BCUT2D eigenvalue weighted by Gasteiger charge is 2.19. The predicted molar refractivity (Wildman–Crippen MR) is 311 cm³/mol. The first-order valence-electron chi connectivity index (χ1n) is 30.6. The van der Waals surface area contributed by atoms with Gasteiger partial charge in [-0.25, -0.2) is 0 Å². The molecular weight excluding hydrogens is 889 g/mol. The molecular formula is C66H114O6. The Balaban J connectivity index is 4.11. The highest BCUT2D eigenvalue weighted by Crippen LogP contribution is 2.16. The zero-order chi connectivity index (χ0) is 52.2. The SMILES string of the molecule is CC/C=C\C/C=C\C/C=C\C/C=C\C/C=C\CCCCCCCCCCCCCCCCCC(=O)OCC(COC(=O)CCCCCCCCCCCC)OC(=O)CCCCCCC/C=C\C/C=C\CCC. The van der Waals surface area contributed by atoms with Crippen LogP contribution in [0.5, 0.6) is 0 Å². The Labute approximate surface area is 445 Å². The highest BCUT2D eigenvalue weighted by atomic mass is 16.6. The van der Waals surface area contributed by atoms with Crippen LogP contribution < -0.4 is 0 Å². The van der Waals surface area contributed by atoms with E-state index in [9.17, 15) is 14.4 Å². The molecule has 0 saturated heterocycles. The van der Waals surface area contributed by atoms with Crippen molar-refractivity contribution in [2.24, 2.45) is 0 Å². The normalized spacial score (nSPS) is 12.7. The molecule has 6 heteroatoms. The van der Waals surface area contributed by atoms with Crippen LogP contribution in [0, 0.1) is 0 Å². The topological polar surface area (TPSA) is 78.9 Å². The third-order valence-corrected chi connectivity index (χ3v) is 13.1. The van der Waals surface area contributed by atoms with Crippen molar-refractivity contribution in [3.63, 3.8) is 0 Å². The van der Waals surface area contributed by atoms with Gasteiger partial charge >= 0.3 is 17.9 Å². The van der Waals surface area contributed by atoms with Gasteiger partial charge in [-0.2, -0.15) is 0 Å². The predicted octanol–water partition coefficient (Wildman–Crippen LogP) is 20.7. The first kappa shape index (κ1) is 68.6. The molecule has 0 N–H and O–H groups in total. The Morgan fingerprint density at radius 1 is 0.292 bits per heavy atom.